The summed E-state index contributed by atoms with van der Waals surface area (Å²) < 4.78 is 6.96. The van der Waals surface area contributed by atoms with Crippen molar-refractivity contribution >= 4 is 5.91 Å². The summed E-state index contributed by atoms with van der Waals surface area (Å²) in [6.45, 7) is 4.37. The molecule has 2 N–H and O–H groups in total. The van der Waals surface area contributed by atoms with Crippen LogP contribution in [0.2, 0.25) is 0 Å². The maximum atomic E-state index is 12.0. The van der Waals surface area contributed by atoms with Gasteiger partial charge in [-0.1, -0.05) is 0 Å². The third-order valence-electron chi connectivity index (χ3n) is 3.69. The van der Waals surface area contributed by atoms with Crippen LogP contribution in [-0.4, -0.2) is 45.7 Å². The molecule has 1 saturated heterocycles. The monoisotopic (exact) mass is 253 g/mol. The lowest BCUT2D eigenvalue weighted by molar-refractivity contribution is -0.0251. The second kappa shape index (κ2) is 4.70. The second-order valence-corrected chi connectivity index (χ2v) is 4.82. The van der Waals surface area contributed by atoms with Crippen molar-refractivity contribution in [3.05, 3.63) is 17.5 Å². The first kappa shape index (κ1) is 13.0. The molecule has 2 atom stereocenters. The summed E-state index contributed by atoms with van der Waals surface area (Å²) in [5, 5.41) is 17.0. The number of amides is 1. The summed E-state index contributed by atoms with van der Waals surface area (Å²) in [5.74, 6) is -0.215. The average molecular weight is 253 g/mol. The molecule has 0 saturated carbocycles. The standard InChI is InChI=1S/C12H19N3O3/c1-8-10(6-14-15(8)3)11(16)13-7-12(17)4-5-18-9(12)2/h6,9,17H,4-5,7H2,1-3H3,(H,13,16). The number of hydrogen-bond acceptors (Lipinski definition) is 4. The van der Waals surface area contributed by atoms with E-state index in [2.05, 4.69) is 10.4 Å². The Labute approximate surface area is 106 Å². The van der Waals surface area contributed by atoms with Crippen molar-refractivity contribution in [2.75, 3.05) is 13.2 Å². The summed E-state index contributed by atoms with van der Waals surface area (Å²) in [4.78, 5) is 12.0. The number of nitrogens with zero attached hydrogens (tertiary/aromatic N) is 2. The molecule has 1 fully saturated rings. The Bertz CT molecular complexity index is 457. The maximum Gasteiger partial charge on any atom is 0.254 e. The molecule has 2 unspecified atom stereocenters. The van der Waals surface area contributed by atoms with Crippen LogP contribution in [0.15, 0.2) is 6.20 Å². The van der Waals surface area contributed by atoms with Crippen LogP contribution >= 0.6 is 0 Å². The van der Waals surface area contributed by atoms with Gasteiger partial charge in [-0.2, -0.15) is 5.10 Å². The zero-order valence-corrected chi connectivity index (χ0v) is 10.9. The molecule has 0 bridgehead atoms. The van der Waals surface area contributed by atoms with Gasteiger partial charge in [-0.05, 0) is 13.8 Å². The SMILES string of the molecule is Cc1c(C(=O)NCC2(O)CCOC2C)cnn1C. The Kier molecular flexibility index (Phi) is 3.41. The van der Waals surface area contributed by atoms with Crippen molar-refractivity contribution in [1.82, 2.24) is 15.1 Å². The highest BCUT2D eigenvalue weighted by atomic mass is 16.5. The van der Waals surface area contributed by atoms with E-state index in [1.807, 2.05) is 13.8 Å². The van der Waals surface area contributed by atoms with Crippen molar-refractivity contribution in [3.63, 3.8) is 0 Å². The van der Waals surface area contributed by atoms with Crippen LogP contribution in [0.5, 0.6) is 0 Å². The molecule has 0 radical (unpaired) electrons. The number of carbonyl (C=O) groups is 1. The van der Waals surface area contributed by atoms with Gasteiger partial charge in [0.25, 0.3) is 5.91 Å². The van der Waals surface area contributed by atoms with E-state index in [0.29, 0.717) is 18.6 Å². The number of aryl methyl sites for hydroxylation is 1. The Morgan fingerprint density at radius 3 is 3.00 bits per heavy atom. The average Bonchev–Trinajstić information content (AvgIpc) is 2.83. The topological polar surface area (TPSA) is 76.4 Å². The number of rotatable bonds is 3. The van der Waals surface area contributed by atoms with Gasteiger partial charge in [-0.25, -0.2) is 0 Å². The van der Waals surface area contributed by atoms with Crippen LogP contribution in [0.4, 0.5) is 0 Å². The molecule has 1 aromatic heterocycles. The molecule has 1 aliphatic heterocycles. The summed E-state index contributed by atoms with van der Waals surface area (Å²) in [7, 11) is 1.78. The van der Waals surface area contributed by atoms with Crippen molar-refractivity contribution in [1.29, 1.82) is 0 Å². The molecule has 1 amide bonds. The zero-order chi connectivity index (χ0) is 13.3. The maximum absolute atomic E-state index is 12.0. The van der Waals surface area contributed by atoms with E-state index in [4.69, 9.17) is 4.74 Å². The highest BCUT2D eigenvalue weighted by Gasteiger charge is 2.39. The van der Waals surface area contributed by atoms with E-state index in [-0.39, 0.29) is 18.6 Å². The van der Waals surface area contributed by atoms with Crippen LogP contribution < -0.4 is 5.32 Å². The van der Waals surface area contributed by atoms with Gasteiger partial charge in [-0.15, -0.1) is 0 Å². The molecular weight excluding hydrogens is 234 g/mol. The smallest absolute Gasteiger partial charge is 0.254 e. The third kappa shape index (κ3) is 2.26. The summed E-state index contributed by atoms with van der Waals surface area (Å²) in [5.41, 5.74) is 0.370. The first-order chi connectivity index (χ1) is 8.44. The minimum absolute atomic E-state index is 0.196. The van der Waals surface area contributed by atoms with E-state index in [1.54, 1.807) is 11.7 Å². The predicted octanol–water partition coefficient (Wildman–Crippen LogP) is -0.00178. The van der Waals surface area contributed by atoms with Crippen LogP contribution in [0.3, 0.4) is 0 Å². The number of carbonyl (C=O) groups excluding carboxylic acids is 1. The lowest BCUT2D eigenvalue weighted by Crippen LogP contribution is -2.47. The van der Waals surface area contributed by atoms with Crippen LogP contribution in [0, 0.1) is 6.92 Å². The van der Waals surface area contributed by atoms with Gasteiger partial charge in [0.05, 0.1) is 17.9 Å². The fraction of sp³-hybridized carbons (Fsp3) is 0.667. The first-order valence-corrected chi connectivity index (χ1v) is 6.05. The van der Waals surface area contributed by atoms with Crippen LogP contribution in [0.25, 0.3) is 0 Å². The fourth-order valence-electron chi connectivity index (χ4n) is 2.05. The van der Waals surface area contributed by atoms with Crippen molar-refractivity contribution in [3.8, 4) is 0 Å². The van der Waals surface area contributed by atoms with Crippen LogP contribution in [0.1, 0.15) is 29.4 Å². The van der Waals surface area contributed by atoms with E-state index in [1.165, 1.54) is 6.20 Å². The van der Waals surface area contributed by atoms with Gasteiger partial charge in [-0.3, -0.25) is 9.48 Å². The molecule has 0 aliphatic carbocycles. The quantitative estimate of drug-likeness (QED) is 0.795. The molecule has 6 nitrogen and oxygen atoms in total. The van der Waals surface area contributed by atoms with Gasteiger partial charge in [0.2, 0.25) is 0 Å². The van der Waals surface area contributed by atoms with Gasteiger partial charge >= 0.3 is 0 Å². The molecule has 0 spiro atoms. The molecule has 100 valence electrons. The molecule has 18 heavy (non-hydrogen) atoms. The van der Waals surface area contributed by atoms with E-state index in [9.17, 15) is 9.90 Å². The van der Waals surface area contributed by atoms with E-state index in [0.717, 1.165) is 5.69 Å². The number of ether oxygens (including phenoxy) is 1. The predicted molar refractivity (Wildman–Crippen MR) is 65.3 cm³/mol. The third-order valence-corrected chi connectivity index (χ3v) is 3.69. The largest absolute Gasteiger partial charge is 0.385 e. The number of aliphatic hydroxyl groups is 1. The highest BCUT2D eigenvalue weighted by Crippen LogP contribution is 2.24. The molecule has 2 rings (SSSR count). The van der Waals surface area contributed by atoms with Crippen LogP contribution in [-0.2, 0) is 11.8 Å². The molecule has 1 aliphatic rings. The Hall–Kier alpha value is -1.40. The number of hydrogen-bond donors (Lipinski definition) is 2. The fourth-order valence-corrected chi connectivity index (χ4v) is 2.05. The molecule has 2 heterocycles. The Balaban J connectivity index is 1.99. The first-order valence-electron chi connectivity index (χ1n) is 6.05. The van der Waals surface area contributed by atoms with Gasteiger partial charge in [0, 0.05) is 32.3 Å². The van der Waals surface area contributed by atoms with Crippen molar-refractivity contribution in [2.24, 2.45) is 7.05 Å². The minimum Gasteiger partial charge on any atom is -0.385 e. The number of aromatic nitrogens is 2. The second-order valence-electron chi connectivity index (χ2n) is 4.82. The van der Waals surface area contributed by atoms with Gasteiger partial charge < -0.3 is 15.2 Å². The Morgan fingerprint density at radius 1 is 1.78 bits per heavy atom. The van der Waals surface area contributed by atoms with Gasteiger partial charge in [0.1, 0.15) is 5.60 Å². The summed E-state index contributed by atoms with van der Waals surface area (Å²) in [6, 6.07) is 0. The van der Waals surface area contributed by atoms with Gasteiger partial charge in [0.15, 0.2) is 0 Å². The lowest BCUT2D eigenvalue weighted by Gasteiger charge is -2.26. The zero-order valence-electron chi connectivity index (χ0n) is 10.9. The normalized spacial score (nSPS) is 27.4. The number of nitrogens with one attached hydrogen (secondary N) is 1. The van der Waals surface area contributed by atoms with E-state index >= 15 is 0 Å². The summed E-state index contributed by atoms with van der Waals surface area (Å²) in [6.07, 6.45) is 1.82. The van der Waals surface area contributed by atoms with E-state index < -0.39 is 5.60 Å². The minimum atomic E-state index is -0.966. The molecular formula is C12H19N3O3. The highest BCUT2D eigenvalue weighted by molar-refractivity contribution is 5.95. The molecule has 6 heteroatoms. The summed E-state index contributed by atoms with van der Waals surface area (Å²) >= 11 is 0. The lowest BCUT2D eigenvalue weighted by atomic mass is 9.96. The molecule has 0 aromatic carbocycles. The van der Waals surface area contributed by atoms with Crippen molar-refractivity contribution < 1.29 is 14.6 Å². The van der Waals surface area contributed by atoms with Crippen molar-refractivity contribution in [2.45, 2.75) is 32.0 Å². The molecule has 1 aromatic rings. The Morgan fingerprint density at radius 2 is 2.50 bits per heavy atom.